The molecule has 0 aromatic carbocycles. The number of rotatable bonds is 5. The Balaban J connectivity index is 1.94. The lowest BCUT2D eigenvalue weighted by molar-refractivity contribution is 0.218. The molecule has 1 heterocycles. The first-order valence-corrected chi connectivity index (χ1v) is 9.81. The third-order valence-corrected chi connectivity index (χ3v) is 7.02. The van der Waals surface area contributed by atoms with Gasteiger partial charge in [0.25, 0.3) is 10.2 Å². The first kappa shape index (κ1) is 17.2. The van der Waals surface area contributed by atoms with E-state index >= 15 is 0 Å². The first-order chi connectivity index (χ1) is 9.95. The van der Waals surface area contributed by atoms with E-state index in [1.165, 1.54) is 0 Å². The number of nitrogens with zero attached hydrogens (tertiary/aromatic N) is 2. The summed E-state index contributed by atoms with van der Waals surface area (Å²) in [6, 6.07) is 0.736. The maximum absolute atomic E-state index is 12.8. The van der Waals surface area contributed by atoms with Gasteiger partial charge in [-0.15, -0.1) is 0 Å². The van der Waals surface area contributed by atoms with E-state index in [1.807, 2.05) is 0 Å². The minimum atomic E-state index is -3.28. The van der Waals surface area contributed by atoms with Gasteiger partial charge in [0.2, 0.25) is 0 Å². The van der Waals surface area contributed by atoms with E-state index in [-0.39, 0.29) is 6.04 Å². The molecule has 1 saturated heterocycles. The van der Waals surface area contributed by atoms with Crippen LogP contribution in [0.3, 0.4) is 0 Å². The zero-order valence-corrected chi connectivity index (χ0v) is 14.5. The maximum Gasteiger partial charge on any atom is 0.281 e. The van der Waals surface area contributed by atoms with Crippen LogP contribution in [0.15, 0.2) is 0 Å². The average Bonchev–Trinajstić information content (AvgIpc) is 2.47. The second-order valence-corrected chi connectivity index (χ2v) is 8.68. The van der Waals surface area contributed by atoms with Gasteiger partial charge in [-0.2, -0.15) is 17.0 Å². The number of hydrogen-bond acceptors (Lipinski definition) is 3. The highest BCUT2D eigenvalue weighted by Crippen LogP contribution is 2.27. The molecule has 2 rings (SSSR count). The lowest BCUT2D eigenvalue weighted by atomic mass is 9.91. The van der Waals surface area contributed by atoms with E-state index in [0.717, 1.165) is 45.1 Å². The van der Waals surface area contributed by atoms with Gasteiger partial charge in [0.1, 0.15) is 0 Å². The third kappa shape index (κ3) is 4.18. The van der Waals surface area contributed by atoms with Gasteiger partial charge in [0, 0.05) is 32.2 Å². The Morgan fingerprint density at radius 2 is 1.86 bits per heavy atom. The van der Waals surface area contributed by atoms with E-state index in [1.54, 1.807) is 15.7 Å². The summed E-state index contributed by atoms with van der Waals surface area (Å²) in [6.07, 6.45) is 6.22. The van der Waals surface area contributed by atoms with Crippen molar-refractivity contribution in [2.24, 2.45) is 5.92 Å². The van der Waals surface area contributed by atoms with Crippen molar-refractivity contribution < 1.29 is 8.42 Å². The molecule has 0 aromatic heterocycles. The molecule has 0 bridgehead atoms. The Kier molecular flexibility index (Phi) is 6.05. The molecule has 0 spiro atoms. The molecular formula is C15H31N3O2S. The summed E-state index contributed by atoms with van der Waals surface area (Å²) >= 11 is 0. The molecule has 1 aliphatic heterocycles. The molecule has 1 atom stereocenters. The molecule has 0 radical (unpaired) electrons. The fourth-order valence-electron chi connectivity index (χ4n) is 3.66. The molecule has 2 fully saturated rings. The summed E-state index contributed by atoms with van der Waals surface area (Å²) in [6.45, 7) is 6.63. The van der Waals surface area contributed by atoms with Crippen LogP contribution < -0.4 is 5.32 Å². The number of nitrogens with one attached hydrogen (secondary N) is 1. The smallest absolute Gasteiger partial charge is 0.281 e. The monoisotopic (exact) mass is 317 g/mol. The summed E-state index contributed by atoms with van der Waals surface area (Å²) < 4.78 is 28.9. The lowest BCUT2D eigenvalue weighted by Gasteiger charge is -2.38. The van der Waals surface area contributed by atoms with Crippen molar-refractivity contribution in [3.05, 3.63) is 0 Å². The summed E-state index contributed by atoms with van der Waals surface area (Å²) in [7, 11) is -1.51. The first-order valence-electron chi connectivity index (χ1n) is 8.41. The molecule has 1 N–H and O–H groups in total. The van der Waals surface area contributed by atoms with E-state index in [2.05, 4.69) is 19.2 Å². The van der Waals surface area contributed by atoms with E-state index in [9.17, 15) is 8.42 Å². The Bertz CT molecular complexity index is 419. The SMILES string of the molecule is CCNC1CCC(N(C)S(=O)(=O)N2CCCC(C)C2)CC1. The van der Waals surface area contributed by atoms with Crippen LogP contribution >= 0.6 is 0 Å². The second-order valence-electron chi connectivity index (χ2n) is 6.69. The summed E-state index contributed by atoms with van der Waals surface area (Å²) in [5, 5.41) is 3.47. The van der Waals surface area contributed by atoms with Gasteiger partial charge >= 0.3 is 0 Å². The molecule has 0 aromatic rings. The van der Waals surface area contributed by atoms with E-state index < -0.39 is 10.2 Å². The highest BCUT2D eigenvalue weighted by molar-refractivity contribution is 7.86. The molecule has 1 unspecified atom stereocenters. The third-order valence-electron chi connectivity index (χ3n) is 5.01. The van der Waals surface area contributed by atoms with Gasteiger partial charge in [-0.05, 0) is 51.0 Å². The van der Waals surface area contributed by atoms with Gasteiger partial charge in [-0.1, -0.05) is 13.8 Å². The normalized spacial score (nSPS) is 32.5. The standard InChI is InChI=1S/C15H31N3O2S/c1-4-16-14-7-9-15(10-8-14)17(3)21(19,20)18-11-5-6-13(2)12-18/h13-16H,4-12H2,1-3H3. The molecule has 2 aliphatic rings. The van der Waals surface area contributed by atoms with Crippen LogP contribution in [0.2, 0.25) is 0 Å². The van der Waals surface area contributed by atoms with Crippen LogP contribution in [0.4, 0.5) is 0 Å². The Morgan fingerprint density at radius 3 is 2.43 bits per heavy atom. The maximum atomic E-state index is 12.8. The minimum Gasteiger partial charge on any atom is -0.314 e. The molecule has 5 nitrogen and oxygen atoms in total. The van der Waals surface area contributed by atoms with Crippen LogP contribution in [0.25, 0.3) is 0 Å². The molecule has 6 heteroatoms. The molecule has 1 aliphatic carbocycles. The van der Waals surface area contributed by atoms with Gasteiger partial charge < -0.3 is 5.32 Å². The number of hydrogen-bond donors (Lipinski definition) is 1. The lowest BCUT2D eigenvalue weighted by Crippen LogP contribution is -2.51. The van der Waals surface area contributed by atoms with Crippen LogP contribution in [0.1, 0.15) is 52.4 Å². The predicted octanol–water partition coefficient (Wildman–Crippen LogP) is 1.82. The van der Waals surface area contributed by atoms with Gasteiger partial charge in [0.05, 0.1) is 0 Å². The van der Waals surface area contributed by atoms with Crippen molar-refractivity contribution in [2.75, 3.05) is 26.7 Å². The minimum absolute atomic E-state index is 0.169. The summed E-state index contributed by atoms with van der Waals surface area (Å²) in [5.41, 5.74) is 0. The molecular weight excluding hydrogens is 286 g/mol. The van der Waals surface area contributed by atoms with Crippen molar-refractivity contribution in [1.82, 2.24) is 13.9 Å². The number of piperidine rings is 1. The Labute approximate surface area is 130 Å². The highest BCUT2D eigenvalue weighted by atomic mass is 32.2. The van der Waals surface area contributed by atoms with Crippen molar-refractivity contribution >= 4 is 10.2 Å². The predicted molar refractivity (Wildman–Crippen MR) is 86.4 cm³/mol. The molecule has 1 saturated carbocycles. The average molecular weight is 317 g/mol. The van der Waals surface area contributed by atoms with Gasteiger partial charge in [0.15, 0.2) is 0 Å². The topological polar surface area (TPSA) is 52.7 Å². The van der Waals surface area contributed by atoms with E-state index in [4.69, 9.17) is 0 Å². The van der Waals surface area contributed by atoms with E-state index in [0.29, 0.717) is 25.0 Å². The second kappa shape index (κ2) is 7.40. The highest BCUT2D eigenvalue weighted by Gasteiger charge is 2.35. The Morgan fingerprint density at radius 1 is 1.19 bits per heavy atom. The largest absolute Gasteiger partial charge is 0.314 e. The fourth-order valence-corrected chi connectivity index (χ4v) is 5.41. The van der Waals surface area contributed by atoms with Crippen molar-refractivity contribution in [3.8, 4) is 0 Å². The van der Waals surface area contributed by atoms with Crippen LogP contribution in [0.5, 0.6) is 0 Å². The zero-order chi connectivity index (χ0) is 15.5. The molecule has 124 valence electrons. The van der Waals surface area contributed by atoms with Crippen LogP contribution in [-0.2, 0) is 10.2 Å². The summed E-state index contributed by atoms with van der Waals surface area (Å²) in [4.78, 5) is 0. The quantitative estimate of drug-likeness (QED) is 0.841. The van der Waals surface area contributed by atoms with Gasteiger partial charge in [-0.25, -0.2) is 0 Å². The Hall–Kier alpha value is -0.170. The van der Waals surface area contributed by atoms with Crippen molar-refractivity contribution in [3.63, 3.8) is 0 Å². The fraction of sp³-hybridized carbons (Fsp3) is 1.00. The zero-order valence-electron chi connectivity index (χ0n) is 13.7. The van der Waals surface area contributed by atoms with Crippen LogP contribution in [0, 0.1) is 5.92 Å². The van der Waals surface area contributed by atoms with Gasteiger partial charge in [-0.3, -0.25) is 0 Å². The summed E-state index contributed by atoms with van der Waals surface area (Å²) in [5.74, 6) is 0.478. The molecule has 21 heavy (non-hydrogen) atoms. The van der Waals surface area contributed by atoms with Crippen molar-refractivity contribution in [1.29, 1.82) is 0 Å². The van der Waals surface area contributed by atoms with Crippen LogP contribution in [-0.4, -0.2) is 55.8 Å². The van der Waals surface area contributed by atoms with Crippen molar-refractivity contribution in [2.45, 2.75) is 64.5 Å². The molecule has 0 amide bonds.